The van der Waals surface area contributed by atoms with Gasteiger partial charge in [-0.3, -0.25) is 0 Å². The van der Waals surface area contributed by atoms with E-state index < -0.39 is 0 Å². The number of hydrogen-bond donors (Lipinski definition) is 1. The Labute approximate surface area is 86.6 Å². The van der Waals surface area contributed by atoms with Crippen molar-refractivity contribution in [2.45, 2.75) is 51.0 Å². The fourth-order valence-electron chi connectivity index (χ4n) is 2.82. The Balaban J connectivity index is 1.72. The third-order valence-electron chi connectivity index (χ3n) is 3.79. The molecule has 0 spiro atoms. The first-order chi connectivity index (χ1) is 6.86. The average Bonchev–Trinajstić information content (AvgIpc) is 2.72. The molecule has 0 aromatic heterocycles. The molecule has 1 aliphatic carbocycles. The van der Waals surface area contributed by atoms with Crippen LogP contribution >= 0.6 is 0 Å². The van der Waals surface area contributed by atoms with Crippen molar-refractivity contribution >= 4 is 0 Å². The molecule has 1 aliphatic heterocycles. The lowest BCUT2D eigenvalue weighted by atomic mass is 9.82. The van der Waals surface area contributed by atoms with Crippen LogP contribution in [0.3, 0.4) is 0 Å². The van der Waals surface area contributed by atoms with Gasteiger partial charge in [-0.05, 0) is 37.5 Å². The quantitative estimate of drug-likeness (QED) is 0.754. The second kappa shape index (κ2) is 5.13. The molecule has 2 rings (SSSR count). The van der Waals surface area contributed by atoms with Gasteiger partial charge in [0.15, 0.2) is 0 Å². The fraction of sp³-hybridized carbons (Fsp3) is 1.00. The molecule has 0 bridgehead atoms. The van der Waals surface area contributed by atoms with Crippen molar-refractivity contribution in [3.05, 3.63) is 0 Å². The summed E-state index contributed by atoms with van der Waals surface area (Å²) in [5, 5.41) is 10.1. The second-order valence-corrected chi connectivity index (χ2v) is 4.93. The number of hydrogen-bond acceptors (Lipinski definition) is 2. The highest BCUT2D eigenvalue weighted by Crippen LogP contribution is 2.30. The van der Waals surface area contributed by atoms with Gasteiger partial charge in [0, 0.05) is 13.2 Å². The van der Waals surface area contributed by atoms with Crippen LogP contribution in [0.4, 0.5) is 0 Å². The minimum absolute atomic E-state index is 0.0537. The van der Waals surface area contributed by atoms with Crippen molar-refractivity contribution in [3.8, 4) is 0 Å². The van der Waals surface area contributed by atoms with Crippen molar-refractivity contribution in [2.75, 3.05) is 13.2 Å². The van der Waals surface area contributed by atoms with E-state index in [0.717, 1.165) is 26.1 Å². The molecular formula is C12H22O2. The van der Waals surface area contributed by atoms with Gasteiger partial charge in [0.05, 0.1) is 6.10 Å². The minimum atomic E-state index is -0.0537. The van der Waals surface area contributed by atoms with Crippen LogP contribution in [-0.4, -0.2) is 24.4 Å². The monoisotopic (exact) mass is 198 g/mol. The molecule has 0 amide bonds. The zero-order valence-corrected chi connectivity index (χ0v) is 8.95. The summed E-state index contributed by atoms with van der Waals surface area (Å²) in [6, 6.07) is 0. The molecule has 0 aromatic rings. The van der Waals surface area contributed by atoms with Crippen molar-refractivity contribution in [1.29, 1.82) is 0 Å². The molecule has 1 saturated carbocycles. The Kier molecular flexibility index (Phi) is 3.82. The third kappa shape index (κ3) is 2.71. The average molecular weight is 198 g/mol. The number of aliphatic hydroxyl groups excluding tert-OH is 1. The van der Waals surface area contributed by atoms with Gasteiger partial charge < -0.3 is 9.84 Å². The lowest BCUT2D eigenvalue weighted by Crippen LogP contribution is -2.25. The first-order valence-electron chi connectivity index (χ1n) is 6.12. The molecule has 14 heavy (non-hydrogen) atoms. The number of rotatable bonds is 3. The maximum atomic E-state index is 10.1. The summed E-state index contributed by atoms with van der Waals surface area (Å²) in [7, 11) is 0. The first kappa shape index (κ1) is 10.4. The smallest absolute Gasteiger partial charge is 0.0571 e. The first-order valence-corrected chi connectivity index (χ1v) is 6.12. The summed E-state index contributed by atoms with van der Waals surface area (Å²) < 4.78 is 5.33. The van der Waals surface area contributed by atoms with Gasteiger partial charge in [-0.15, -0.1) is 0 Å². The van der Waals surface area contributed by atoms with Crippen LogP contribution in [0.25, 0.3) is 0 Å². The molecule has 0 radical (unpaired) electrons. The van der Waals surface area contributed by atoms with E-state index in [-0.39, 0.29) is 6.10 Å². The highest BCUT2D eigenvalue weighted by atomic mass is 16.5. The van der Waals surface area contributed by atoms with Gasteiger partial charge in [-0.2, -0.15) is 0 Å². The highest BCUT2D eigenvalue weighted by Gasteiger charge is 2.26. The number of aliphatic hydroxyl groups is 1. The Bertz CT molecular complexity index is 158. The molecule has 2 aliphatic rings. The predicted molar refractivity (Wildman–Crippen MR) is 56.1 cm³/mol. The zero-order chi connectivity index (χ0) is 9.80. The Morgan fingerprint density at radius 3 is 2.57 bits per heavy atom. The normalized spacial score (nSPS) is 31.9. The third-order valence-corrected chi connectivity index (χ3v) is 3.79. The predicted octanol–water partition coefficient (Wildman–Crippen LogP) is 2.35. The molecule has 82 valence electrons. The maximum Gasteiger partial charge on any atom is 0.0571 e. The summed E-state index contributed by atoms with van der Waals surface area (Å²) >= 11 is 0. The minimum Gasteiger partial charge on any atom is -0.393 e. The lowest BCUT2D eigenvalue weighted by Gasteiger charge is -2.27. The highest BCUT2D eigenvalue weighted by molar-refractivity contribution is 4.77. The number of ether oxygens (including phenoxy) is 1. The second-order valence-electron chi connectivity index (χ2n) is 4.93. The van der Waals surface area contributed by atoms with E-state index in [1.807, 2.05) is 0 Å². The van der Waals surface area contributed by atoms with Crippen LogP contribution < -0.4 is 0 Å². The fourth-order valence-corrected chi connectivity index (χ4v) is 2.82. The molecule has 1 saturated heterocycles. The molecule has 0 aromatic carbocycles. The molecule has 2 fully saturated rings. The molecule has 2 heteroatoms. The summed E-state index contributed by atoms with van der Waals surface area (Å²) in [6.07, 6.45) is 8.58. The van der Waals surface area contributed by atoms with E-state index in [1.165, 1.54) is 32.1 Å². The van der Waals surface area contributed by atoms with Gasteiger partial charge in [0.2, 0.25) is 0 Å². The van der Waals surface area contributed by atoms with Crippen molar-refractivity contribution in [1.82, 2.24) is 0 Å². The summed E-state index contributed by atoms with van der Waals surface area (Å²) in [5.74, 6) is 1.22. The van der Waals surface area contributed by atoms with E-state index in [9.17, 15) is 5.11 Å². The maximum absolute atomic E-state index is 10.1. The summed E-state index contributed by atoms with van der Waals surface area (Å²) in [5.41, 5.74) is 0. The summed E-state index contributed by atoms with van der Waals surface area (Å²) in [6.45, 7) is 1.78. The van der Waals surface area contributed by atoms with Crippen LogP contribution in [0, 0.1) is 11.8 Å². The van der Waals surface area contributed by atoms with E-state index >= 15 is 0 Å². The van der Waals surface area contributed by atoms with E-state index in [1.54, 1.807) is 0 Å². The SMILES string of the molecule is OC(CC1CCOC1)C1CCCCC1. The summed E-state index contributed by atoms with van der Waals surface area (Å²) in [4.78, 5) is 0. The van der Waals surface area contributed by atoms with Crippen LogP contribution in [0.5, 0.6) is 0 Å². The van der Waals surface area contributed by atoms with Gasteiger partial charge in [0.25, 0.3) is 0 Å². The van der Waals surface area contributed by atoms with E-state index in [4.69, 9.17) is 4.74 Å². The van der Waals surface area contributed by atoms with Crippen LogP contribution in [0.15, 0.2) is 0 Å². The van der Waals surface area contributed by atoms with Crippen molar-refractivity contribution in [2.24, 2.45) is 11.8 Å². The van der Waals surface area contributed by atoms with Crippen molar-refractivity contribution in [3.63, 3.8) is 0 Å². The topological polar surface area (TPSA) is 29.5 Å². The van der Waals surface area contributed by atoms with E-state index in [2.05, 4.69) is 0 Å². The van der Waals surface area contributed by atoms with E-state index in [0.29, 0.717) is 11.8 Å². The Morgan fingerprint density at radius 2 is 1.93 bits per heavy atom. The Morgan fingerprint density at radius 1 is 1.14 bits per heavy atom. The standard InChI is InChI=1S/C12H22O2/c13-12(8-10-6-7-14-9-10)11-4-2-1-3-5-11/h10-13H,1-9H2. The van der Waals surface area contributed by atoms with Gasteiger partial charge >= 0.3 is 0 Å². The van der Waals surface area contributed by atoms with Gasteiger partial charge in [-0.25, -0.2) is 0 Å². The molecule has 1 N–H and O–H groups in total. The lowest BCUT2D eigenvalue weighted by molar-refractivity contribution is 0.0592. The zero-order valence-electron chi connectivity index (χ0n) is 8.95. The van der Waals surface area contributed by atoms with Crippen molar-refractivity contribution < 1.29 is 9.84 Å². The largest absolute Gasteiger partial charge is 0.393 e. The molecule has 2 nitrogen and oxygen atoms in total. The van der Waals surface area contributed by atoms with Gasteiger partial charge in [-0.1, -0.05) is 19.3 Å². The van der Waals surface area contributed by atoms with Crippen LogP contribution in [0.1, 0.15) is 44.9 Å². The molecule has 2 unspecified atom stereocenters. The molecule has 2 atom stereocenters. The van der Waals surface area contributed by atoms with Crippen LogP contribution in [-0.2, 0) is 4.74 Å². The Hall–Kier alpha value is -0.0800. The van der Waals surface area contributed by atoms with Crippen LogP contribution in [0.2, 0.25) is 0 Å². The van der Waals surface area contributed by atoms with Gasteiger partial charge in [0.1, 0.15) is 0 Å². The molecule has 1 heterocycles. The molecular weight excluding hydrogens is 176 g/mol.